The van der Waals surface area contributed by atoms with E-state index in [1.807, 2.05) is 6.92 Å². The molecule has 2 aromatic rings. The first-order chi connectivity index (χ1) is 12.9. The molecule has 0 atom stereocenters. The van der Waals surface area contributed by atoms with Gasteiger partial charge in [0.05, 0.1) is 30.5 Å². The van der Waals surface area contributed by atoms with Crippen molar-refractivity contribution in [3.05, 3.63) is 59.9 Å². The number of aliphatic imine (C=N–C) groups is 1. The number of anilines is 1. The fraction of sp³-hybridized carbons (Fsp3) is 0.278. The van der Waals surface area contributed by atoms with Crippen molar-refractivity contribution in [2.45, 2.75) is 19.6 Å². The molecule has 0 saturated carbocycles. The Hall–Kier alpha value is -2.37. The van der Waals surface area contributed by atoms with Gasteiger partial charge in [-0.2, -0.15) is 13.2 Å². The van der Waals surface area contributed by atoms with Gasteiger partial charge in [-0.15, -0.1) is 24.0 Å². The minimum absolute atomic E-state index is 0. The fourth-order valence-electron chi connectivity index (χ4n) is 2.16. The molecule has 10 heteroatoms. The molecule has 6 nitrogen and oxygen atoms in total. The topological polar surface area (TPSA) is 78.4 Å². The summed E-state index contributed by atoms with van der Waals surface area (Å²) in [5.74, 6) is 0.0314. The summed E-state index contributed by atoms with van der Waals surface area (Å²) in [7, 11) is 0. The van der Waals surface area contributed by atoms with Gasteiger partial charge in [0.15, 0.2) is 5.96 Å². The van der Waals surface area contributed by atoms with E-state index in [1.165, 1.54) is 12.3 Å². The molecule has 2 rings (SSSR count). The summed E-state index contributed by atoms with van der Waals surface area (Å²) in [5, 5.41) is 8.45. The number of nitrogens with one attached hydrogen (secondary N) is 3. The molecule has 0 aliphatic heterocycles. The van der Waals surface area contributed by atoms with Gasteiger partial charge in [-0.25, -0.2) is 4.99 Å². The molecule has 0 radical (unpaired) electrons. The van der Waals surface area contributed by atoms with Gasteiger partial charge < -0.3 is 16.0 Å². The molecule has 0 saturated heterocycles. The van der Waals surface area contributed by atoms with Gasteiger partial charge in [-0.1, -0.05) is 12.1 Å². The van der Waals surface area contributed by atoms with Crippen LogP contribution >= 0.6 is 24.0 Å². The number of carbonyl (C=O) groups is 1. The first kappa shape index (κ1) is 23.7. The van der Waals surface area contributed by atoms with Gasteiger partial charge in [-0.3, -0.25) is 9.78 Å². The number of hydrogen-bond acceptors (Lipinski definition) is 3. The number of rotatable bonds is 6. The van der Waals surface area contributed by atoms with Crippen LogP contribution in [0.25, 0.3) is 0 Å². The summed E-state index contributed by atoms with van der Waals surface area (Å²) in [6.45, 7) is 2.38. The second kappa shape index (κ2) is 11.5. The van der Waals surface area contributed by atoms with E-state index in [-0.39, 0.29) is 43.0 Å². The zero-order valence-electron chi connectivity index (χ0n) is 15.1. The van der Waals surface area contributed by atoms with E-state index in [0.29, 0.717) is 23.8 Å². The standard InChI is InChI=1S/C18H20F3N5O.HI/c1-2-23-17(25-12-16(27)26-15-7-4-8-22-11-15)24-10-13-5-3-6-14(9-13)18(19,20)21;/h3-9,11H,2,10,12H2,1H3,(H,26,27)(H2,23,24,25);1H. The zero-order chi connectivity index (χ0) is 19.7. The summed E-state index contributed by atoms with van der Waals surface area (Å²) >= 11 is 0. The van der Waals surface area contributed by atoms with Crippen LogP contribution in [0.5, 0.6) is 0 Å². The van der Waals surface area contributed by atoms with Crippen molar-refractivity contribution in [3.63, 3.8) is 0 Å². The first-order valence-electron chi connectivity index (χ1n) is 8.26. The summed E-state index contributed by atoms with van der Waals surface area (Å²) in [5.41, 5.74) is 0.265. The largest absolute Gasteiger partial charge is 0.416 e. The fourth-order valence-corrected chi connectivity index (χ4v) is 2.16. The predicted molar refractivity (Wildman–Crippen MR) is 113 cm³/mol. The maximum absolute atomic E-state index is 12.8. The number of nitrogens with zero attached hydrogens (tertiary/aromatic N) is 2. The molecule has 1 aromatic carbocycles. The maximum Gasteiger partial charge on any atom is 0.416 e. The Morgan fingerprint density at radius 2 is 1.96 bits per heavy atom. The van der Waals surface area contributed by atoms with Gasteiger partial charge in [-0.05, 0) is 36.8 Å². The van der Waals surface area contributed by atoms with E-state index < -0.39 is 11.7 Å². The van der Waals surface area contributed by atoms with Crippen molar-refractivity contribution in [1.29, 1.82) is 0 Å². The summed E-state index contributed by atoms with van der Waals surface area (Å²) in [4.78, 5) is 20.1. The molecule has 0 aliphatic carbocycles. The van der Waals surface area contributed by atoms with Gasteiger partial charge in [0.2, 0.25) is 5.91 Å². The van der Waals surface area contributed by atoms with Crippen LogP contribution in [0.4, 0.5) is 18.9 Å². The maximum atomic E-state index is 12.8. The number of amides is 1. The number of guanidine groups is 1. The van der Waals surface area contributed by atoms with Gasteiger partial charge >= 0.3 is 6.18 Å². The molecule has 0 aliphatic rings. The number of benzene rings is 1. The van der Waals surface area contributed by atoms with Gasteiger partial charge in [0, 0.05) is 12.7 Å². The molecule has 1 aromatic heterocycles. The molecule has 0 fully saturated rings. The van der Waals surface area contributed by atoms with Crippen LogP contribution in [0.1, 0.15) is 18.1 Å². The molecular weight excluding hydrogens is 486 g/mol. The second-order valence-electron chi connectivity index (χ2n) is 5.54. The van der Waals surface area contributed by atoms with Crippen LogP contribution in [0.3, 0.4) is 0 Å². The molecule has 0 spiro atoms. The highest BCUT2D eigenvalue weighted by atomic mass is 127. The average molecular weight is 507 g/mol. The smallest absolute Gasteiger partial charge is 0.357 e. The number of halogens is 4. The van der Waals surface area contributed by atoms with E-state index in [2.05, 4.69) is 25.9 Å². The zero-order valence-corrected chi connectivity index (χ0v) is 17.4. The van der Waals surface area contributed by atoms with E-state index in [1.54, 1.807) is 24.4 Å². The SMILES string of the molecule is CCNC(=NCc1cccc(C(F)(F)F)c1)NCC(=O)Nc1cccnc1.I. The van der Waals surface area contributed by atoms with E-state index >= 15 is 0 Å². The monoisotopic (exact) mass is 507 g/mol. The van der Waals surface area contributed by atoms with Crippen molar-refractivity contribution >= 4 is 41.5 Å². The van der Waals surface area contributed by atoms with Crippen LogP contribution in [-0.4, -0.2) is 29.9 Å². The minimum atomic E-state index is -4.40. The van der Waals surface area contributed by atoms with E-state index in [0.717, 1.165) is 12.1 Å². The summed E-state index contributed by atoms with van der Waals surface area (Å²) in [6, 6.07) is 8.38. The lowest BCUT2D eigenvalue weighted by atomic mass is 10.1. The highest BCUT2D eigenvalue weighted by molar-refractivity contribution is 14.0. The molecule has 1 amide bonds. The molecule has 0 bridgehead atoms. The van der Waals surface area contributed by atoms with Crippen LogP contribution in [0, 0.1) is 0 Å². The van der Waals surface area contributed by atoms with Crippen LogP contribution in [0.2, 0.25) is 0 Å². The highest BCUT2D eigenvalue weighted by Gasteiger charge is 2.30. The predicted octanol–water partition coefficient (Wildman–Crippen LogP) is 3.41. The summed E-state index contributed by atoms with van der Waals surface area (Å²) in [6.07, 6.45) is -1.28. The number of pyridine rings is 1. The Bertz CT molecular complexity index is 784. The lowest BCUT2D eigenvalue weighted by molar-refractivity contribution is -0.137. The Labute approximate surface area is 178 Å². The third kappa shape index (κ3) is 8.11. The van der Waals surface area contributed by atoms with Gasteiger partial charge in [0.1, 0.15) is 0 Å². The first-order valence-corrected chi connectivity index (χ1v) is 8.26. The number of hydrogen-bond donors (Lipinski definition) is 3. The highest BCUT2D eigenvalue weighted by Crippen LogP contribution is 2.29. The van der Waals surface area contributed by atoms with E-state index in [4.69, 9.17) is 0 Å². The molecular formula is C18H21F3IN5O. The number of aromatic nitrogens is 1. The Morgan fingerprint density at radius 1 is 1.18 bits per heavy atom. The Balaban J connectivity index is 0.00000392. The number of carbonyl (C=O) groups excluding carboxylic acids is 1. The Morgan fingerprint density at radius 3 is 2.61 bits per heavy atom. The third-order valence-electron chi connectivity index (χ3n) is 3.38. The van der Waals surface area contributed by atoms with Crippen LogP contribution in [0.15, 0.2) is 53.8 Å². The van der Waals surface area contributed by atoms with Crippen molar-refractivity contribution in [2.75, 3.05) is 18.4 Å². The molecule has 3 N–H and O–H groups in total. The summed E-state index contributed by atoms with van der Waals surface area (Å²) < 4.78 is 38.3. The number of alkyl halides is 3. The molecule has 1 heterocycles. The van der Waals surface area contributed by atoms with Crippen molar-refractivity contribution < 1.29 is 18.0 Å². The van der Waals surface area contributed by atoms with Gasteiger partial charge in [0.25, 0.3) is 0 Å². The third-order valence-corrected chi connectivity index (χ3v) is 3.38. The molecule has 28 heavy (non-hydrogen) atoms. The second-order valence-corrected chi connectivity index (χ2v) is 5.54. The van der Waals surface area contributed by atoms with E-state index in [9.17, 15) is 18.0 Å². The lowest BCUT2D eigenvalue weighted by Gasteiger charge is -2.12. The normalized spacial score (nSPS) is 11.4. The molecule has 152 valence electrons. The lowest BCUT2D eigenvalue weighted by Crippen LogP contribution is -2.41. The van der Waals surface area contributed by atoms with Crippen molar-refractivity contribution in [1.82, 2.24) is 15.6 Å². The van der Waals surface area contributed by atoms with Crippen LogP contribution < -0.4 is 16.0 Å². The average Bonchev–Trinajstić information content (AvgIpc) is 2.64. The quantitative estimate of drug-likeness (QED) is 0.318. The minimum Gasteiger partial charge on any atom is -0.357 e. The van der Waals surface area contributed by atoms with Crippen molar-refractivity contribution in [2.24, 2.45) is 4.99 Å². The Kier molecular flexibility index (Phi) is 9.69. The van der Waals surface area contributed by atoms with Crippen LogP contribution in [-0.2, 0) is 17.5 Å². The molecule has 0 unspecified atom stereocenters. The van der Waals surface area contributed by atoms with Crippen molar-refractivity contribution in [3.8, 4) is 0 Å².